The van der Waals surface area contributed by atoms with Gasteiger partial charge in [0.05, 0.1) is 10.4 Å². The highest BCUT2D eigenvalue weighted by Crippen LogP contribution is 2.49. The van der Waals surface area contributed by atoms with Gasteiger partial charge in [0.15, 0.2) is 0 Å². The van der Waals surface area contributed by atoms with Crippen LogP contribution in [0.5, 0.6) is 0 Å². The third-order valence-corrected chi connectivity index (χ3v) is 5.53. The molecule has 1 aliphatic heterocycles. The van der Waals surface area contributed by atoms with Gasteiger partial charge in [-0.3, -0.25) is 4.79 Å². The van der Waals surface area contributed by atoms with Gasteiger partial charge in [-0.1, -0.05) is 25.1 Å². The molecule has 2 N–H and O–H groups in total. The average molecular weight is 266 g/mol. The molecule has 1 amide bonds. The second kappa shape index (κ2) is 4.48. The summed E-state index contributed by atoms with van der Waals surface area (Å²) in [4.78, 5) is 15.3. The normalized spacial score (nSPS) is 33.7. The monoisotopic (exact) mass is 266 g/mol. The van der Waals surface area contributed by atoms with Crippen LogP contribution in [0.25, 0.3) is 0 Å². The number of rotatable bonds is 2. The van der Waals surface area contributed by atoms with Crippen LogP contribution in [-0.2, 0) is 4.79 Å². The van der Waals surface area contributed by atoms with E-state index < -0.39 is 5.41 Å². The maximum absolute atomic E-state index is 12.7. The quantitative estimate of drug-likeness (QED) is 0.780. The van der Waals surface area contributed by atoms with Gasteiger partial charge in [0.25, 0.3) is 0 Å². The number of hydrogen-bond donors (Lipinski definition) is 1. The number of thiocarbonyl (C=S) groups is 1. The van der Waals surface area contributed by atoms with E-state index in [1.165, 1.54) is 32.1 Å². The van der Waals surface area contributed by atoms with Crippen molar-refractivity contribution in [3.8, 4) is 0 Å². The SMILES string of the molecule is NC(=S)C1(C(=O)N2CCCC3CCCCC32)CC1. The van der Waals surface area contributed by atoms with E-state index in [4.69, 9.17) is 18.0 Å². The van der Waals surface area contributed by atoms with Crippen LogP contribution in [0.2, 0.25) is 0 Å². The van der Waals surface area contributed by atoms with E-state index in [-0.39, 0.29) is 5.91 Å². The molecule has 2 aliphatic carbocycles. The fraction of sp³-hybridized carbons (Fsp3) is 0.857. The topological polar surface area (TPSA) is 46.3 Å². The summed E-state index contributed by atoms with van der Waals surface area (Å²) in [5.74, 6) is 0.977. The first kappa shape index (κ1) is 12.4. The number of carbonyl (C=O) groups is 1. The minimum absolute atomic E-state index is 0.242. The summed E-state index contributed by atoms with van der Waals surface area (Å²) in [6, 6.07) is 0.479. The van der Waals surface area contributed by atoms with Gasteiger partial charge >= 0.3 is 0 Å². The molecule has 0 radical (unpaired) electrons. The lowest BCUT2D eigenvalue weighted by molar-refractivity contribution is -0.140. The van der Waals surface area contributed by atoms with Crippen LogP contribution in [0.3, 0.4) is 0 Å². The number of likely N-dealkylation sites (tertiary alicyclic amines) is 1. The number of nitrogens with two attached hydrogens (primary N) is 1. The van der Waals surface area contributed by atoms with Gasteiger partial charge in [-0.2, -0.15) is 0 Å². The minimum Gasteiger partial charge on any atom is -0.392 e. The molecule has 2 saturated carbocycles. The smallest absolute Gasteiger partial charge is 0.235 e. The van der Waals surface area contributed by atoms with Gasteiger partial charge in [0.1, 0.15) is 0 Å². The van der Waals surface area contributed by atoms with Crippen LogP contribution in [0.1, 0.15) is 51.4 Å². The summed E-state index contributed by atoms with van der Waals surface area (Å²) in [6.45, 7) is 0.921. The molecule has 0 aromatic carbocycles. The minimum atomic E-state index is -0.450. The fourth-order valence-electron chi connectivity index (χ4n) is 3.84. The molecular weight excluding hydrogens is 244 g/mol. The zero-order valence-electron chi connectivity index (χ0n) is 10.9. The molecule has 1 heterocycles. The lowest BCUT2D eigenvalue weighted by Crippen LogP contribution is -2.53. The lowest BCUT2D eigenvalue weighted by Gasteiger charge is -2.45. The first-order valence-corrected chi connectivity index (χ1v) is 7.67. The Morgan fingerprint density at radius 2 is 1.83 bits per heavy atom. The maximum Gasteiger partial charge on any atom is 0.235 e. The molecule has 3 rings (SSSR count). The molecule has 3 fully saturated rings. The average Bonchev–Trinajstić information content (AvgIpc) is 3.19. The van der Waals surface area contributed by atoms with Crippen molar-refractivity contribution < 1.29 is 4.79 Å². The third kappa shape index (κ3) is 1.85. The van der Waals surface area contributed by atoms with Crippen molar-refractivity contribution in [1.29, 1.82) is 0 Å². The Morgan fingerprint density at radius 3 is 2.50 bits per heavy atom. The summed E-state index contributed by atoms with van der Waals surface area (Å²) in [5.41, 5.74) is 5.34. The van der Waals surface area contributed by atoms with Crippen LogP contribution < -0.4 is 5.73 Å². The molecule has 1 saturated heterocycles. The van der Waals surface area contributed by atoms with Gasteiger partial charge in [-0.15, -0.1) is 0 Å². The Balaban J connectivity index is 1.78. The Kier molecular flexibility index (Phi) is 3.08. The van der Waals surface area contributed by atoms with E-state index in [1.54, 1.807) is 0 Å². The molecule has 2 unspecified atom stereocenters. The van der Waals surface area contributed by atoms with Crippen molar-refractivity contribution in [2.24, 2.45) is 17.1 Å². The number of fused-ring (bicyclic) bond motifs is 1. The Bertz CT molecular complexity index is 376. The highest BCUT2D eigenvalue weighted by atomic mass is 32.1. The van der Waals surface area contributed by atoms with Crippen molar-refractivity contribution in [2.75, 3.05) is 6.54 Å². The zero-order valence-corrected chi connectivity index (χ0v) is 11.7. The molecule has 4 heteroatoms. The van der Waals surface area contributed by atoms with E-state index in [1.807, 2.05) is 0 Å². The lowest BCUT2D eigenvalue weighted by atomic mass is 9.78. The van der Waals surface area contributed by atoms with Crippen LogP contribution in [-0.4, -0.2) is 28.4 Å². The Morgan fingerprint density at radius 1 is 1.17 bits per heavy atom. The van der Waals surface area contributed by atoms with E-state index in [0.29, 0.717) is 11.0 Å². The largest absolute Gasteiger partial charge is 0.392 e. The third-order valence-electron chi connectivity index (χ3n) is 5.14. The van der Waals surface area contributed by atoms with Crippen molar-refractivity contribution >= 4 is 23.1 Å². The van der Waals surface area contributed by atoms with Crippen molar-refractivity contribution in [2.45, 2.75) is 57.4 Å². The van der Waals surface area contributed by atoms with Crippen molar-refractivity contribution in [1.82, 2.24) is 4.90 Å². The van der Waals surface area contributed by atoms with Gasteiger partial charge in [-0.25, -0.2) is 0 Å². The molecule has 2 atom stereocenters. The molecule has 18 heavy (non-hydrogen) atoms. The number of hydrogen-bond acceptors (Lipinski definition) is 2. The predicted molar refractivity (Wildman–Crippen MR) is 75.1 cm³/mol. The summed E-state index contributed by atoms with van der Waals surface area (Å²) < 4.78 is 0. The summed E-state index contributed by atoms with van der Waals surface area (Å²) in [7, 11) is 0. The number of piperidine rings is 1. The van der Waals surface area contributed by atoms with Crippen LogP contribution in [0.4, 0.5) is 0 Å². The highest BCUT2D eigenvalue weighted by Gasteiger charge is 2.56. The summed E-state index contributed by atoms with van der Waals surface area (Å²) in [5, 5.41) is 0. The van der Waals surface area contributed by atoms with Gasteiger partial charge in [-0.05, 0) is 44.4 Å². The maximum atomic E-state index is 12.7. The van der Waals surface area contributed by atoms with Crippen molar-refractivity contribution in [3.05, 3.63) is 0 Å². The fourth-order valence-corrected chi connectivity index (χ4v) is 4.13. The van der Waals surface area contributed by atoms with Gasteiger partial charge in [0, 0.05) is 12.6 Å². The van der Waals surface area contributed by atoms with Crippen LogP contribution in [0, 0.1) is 11.3 Å². The van der Waals surface area contributed by atoms with Crippen LogP contribution in [0.15, 0.2) is 0 Å². The number of amides is 1. The molecule has 0 bridgehead atoms. The zero-order chi connectivity index (χ0) is 12.8. The molecule has 3 nitrogen and oxygen atoms in total. The standard InChI is InChI=1S/C14H22N2OS/c15-12(18)14(7-8-14)13(17)16-9-3-5-10-4-1-2-6-11(10)16/h10-11H,1-9H2,(H2,15,18). The second-order valence-corrected chi connectivity index (χ2v) is 6.64. The molecular formula is C14H22N2OS. The van der Waals surface area contributed by atoms with E-state index in [9.17, 15) is 4.79 Å². The Labute approximate surface area is 114 Å². The van der Waals surface area contributed by atoms with E-state index in [2.05, 4.69) is 4.90 Å². The first-order valence-electron chi connectivity index (χ1n) is 7.26. The molecule has 3 aliphatic rings. The molecule has 0 spiro atoms. The summed E-state index contributed by atoms with van der Waals surface area (Å²) >= 11 is 5.12. The number of nitrogens with zero attached hydrogens (tertiary/aromatic N) is 1. The summed E-state index contributed by atoms with van der Waals surface area (Å²) in [6.07, 6.45) is 9.28. The Hall–Kier alpha value is -0.640. The van der Waals surface area contributed by atoms with E-state index >= 15 is 0 Å². The van der Waals surface area contributed by atoms with Gasteiger partial charge < -0.3 is 10.6 Å². The van der Waals surface area contributed by atoms with Gasteiger partial charge in [0.2, 0.25) is 5.91 Å². The molecule has 0 aromatic rings. The van der Waals surface area contributed by atoms with E-state index in [0.717, 1.165) is 31.7 Å². The molecule has 100 valence electrons. The van der Waals surface area contributed by atoms with Crippen molar-refractivity contribution in [3.63, 3.8) is 0 Å². The predicted octanol–water partition coefficient (Wildman–Crippen LogP) is 2.23. The first-order chi connectivity index (χ1) is 8.65. The second-order valence-electron chi connectivity index (χ2n) is 6.20. The molecule has 0 aromatic heterocycles. The number of carbonyl (C=O) groups excluding carboxylic acids is 1. The highest BCUT2D eigenvalue weighted by molar-refractivity contribution is 7.80. The van der Waals surface area contributed by atoms with Crippen LogP contribution >= 0.6 is 12.2 Å².